The predicted molar refractivity (Wildman–Crippen MR) is 58.1 cm³/mol. The maximum Gasteiger partial charge on any atom is 0.163 e. The molecule has 17 heavy (non-hydrogen) atoms. The van der Waals surface area contributed by atoms with Crippen LogP contribution in [0.5, 0.6) is 0 Å². The maximum absolute atomic E-state index is 13.3. The first-order chi connectivity index (χ1) is 8.16. The average Bonchev–Trinajstić information content (AvgIpc) is 2.70. The minimum Gasteiger partial charge on any atom is -0.361 e. The number of aromatic nitrogens is 1. The van der Waals surface area contributed by atoms with Crippen LogP contribution in [0.3, 0.4) is 0 Å². The number of halogens is 2. The molecular weight excluding hydrogens is 226 g/mol. The molecule has 3 nitrogen and oxygen atoms in total. The van der Waals surface area contributed by atoms with E-state index in [0.717, 1.165) is 17.5 Å². The Balaban J connectivity index is 1.92. The Morgan fingerprint density at radius 3 is 2.82 bits per heavy atom. The molecule has 0 spiro atoms. The van der Waals surface area contributed by atoms with Gasteiger partial charge in [-0.3, -0.25) is 0 Å². The number of benzene rings is 1. The first-order valence-electron chi connectivity index (χ1n) is 5.22. The van der Waals surface area contributed by atoms with Gasteiger partial charge in [0.15, 0.2) is 11.6 Å². The van der Waals surface area contributed by atoms with Gasteiger partial charge in [0, 0.05) is 24.7 Å². The van der Waals surface area contributed by atoms with Crippen LogP contribution in [0.4, 0.5) is 8.78 Å². The lowest BCUT2D eigenvalue weighted by Crippen LogP contribution is -2.14. The molecule has 5 heteroatoms. The maximum atomic E-state index is 13.3. The Labute approximate surface area is 97.4 Å². The van der Waals surface area contributed by atoms with Gasteiger partial charge in [-0.2, -0.15) is 0 Å². The van der Waals surface area contributed by atoms with E-state index in [9.17, 15) is 8.78 Å². The smallest absolute Gasteiger partial charge is 0.163 e. The Morgan fingerprint density at radius 2 is 2.12 bits per heavy atom. The highest BCUT2D eigenvalue weighted by Crippen LogP contribution is 2.11. The molecule has 0 saturated carbocycles. The van der Waals surface area contributed by atoms with E-state index in [0.29, 0.717) is 12.1 Å². The zero-order valence-electron chi connectivity index (χ0n) is 9.34. The van der Waals surface area contributed by atoms with Crippen molar-refractivity contribution < 1.29 is 13.3 Å². The lowest BCUT2D eigenvalue weighted by Gasteiger charge is -2.04. The second-order valence-electron chi connectivity index (χ2n) is 3.75. The molecule has 0 aliphatic rings. The van der Waals surface area contributed by atoms with Gasteiger partial charge in [-0.05, 0) is 13.0 Å². The number of hydrogen-bond acceptors (Lipinski definition) is 3. The fourth-order valence-corrected chi connectivity index (χ4v) is 1.51. The van der Waals surface area contributed by atoms with Crippen LogP contribution in [-0.2, 0) is 13.1 Å². The molecule has 0 radical (unpaired) electrons. The van der Waals surface area contributed by atoms with E-state index in [1.807, 2.05) is 0 Å². The monoisotopic (exact) mass is 238 g/mol. The van der Waals surface area contributed by atoms with Gasteiger partial charge in [0.2, 0.25) is 0 Å². The number of nitrogens with one attached hydrogen (secondary N) is 1. The molecule has 0 fully saturated rings. The Bertz CT molecular complexity index is 511. The van der Waals surface area contributed by atoms with Crippen LogP contribution >= 0.6 is 0 Å². The van der Waals surface area contributed by atoms with Crippen molar-refractivity contribution in [3.8, 4) is 0 Å². The minimum atomic E-state index is -0.832. The van der Waals surface area contributed by atoms with Crippen molar-refractivity contribution in [1.82, 2.24) is 10.5 Å². The second kappa shape index (κ2) is 5.05. The van der Waals surface area contributed by atoms with Gasteiger partial charge in [0.25, 0.3) is 0 Å². The third-order valence-electron chi connectivity index (χ3n) is 2.33. The van der Waals surface area contributed by atoms with Crippen LogP contribution in [0.15, 0.2) is 28.8 Å². The molecule has 2 aromatic rings. The van der Waals surface area contributed by atoms with Crippen molar-refractivity contribution in [3.63, 3.8) is 0 Å². The highest BCUT2D eigenvalue weighted by Gasteiger charge is 2.07. The van der Waals surface area contributed by atoms with Crippen LogP contribution in [-0.4, -0.2) is 5.16 Å². The van der Waals surface area contributed by atoms with Crippen molar-refractivity contribution in [2.45, 2.75) is 20.0 Å². The first-order valence-corrected chi connectivity index (χ1v) is 5.22. The number of rotatable bonds is 4. The molecule has 90 valence electrons. The number of hydrogen-bond donors (Lipinski definition) is 1. The first kappa shape index (κ1) is 11.7. The van der Waals surface area contributed by atoms with E-state index in [4.69, 9.17) is 4.52 Å². The van der Waals surface area contributed by atoms with Gasteiger partial charge in [0.1, 0.15) is 5.76 Å². The molecule has 0 bridgehead atoms. The van der Waals surface area contributed by atoms with E-state index in [-0.39, 0.29) is 6.54 Å². The molecule has 1 heterocycles. The molecule has 1 aromatic carbocycles. The fraction of sp³-hybridized carbons (Fsp3) is 0.250. The standard InChI is InChI=1S/C12H12F2N2O/c1-8-5-10(16-17-8)7-15-6-9-3-2-4-11(13)12(9)14/h2-5,15H,6-7H2,1H3. The van der Waals surface area contributed by atoms with E-state index >= 15 is 0 Å². The molecule has 2 rings (SSSR count). The van der Waals surface area contributed by atoms with Crippen molar-refractivity contribution in [1.29, 1.82) is 0 Å². The molecular formula is C12H12F2N2O. The average molecular weight is 238 g/mol. The topological polar surface area (TPSA) is 38.1 Å². The summed E-state index contributed by atoms with van der Waals surface area (Å²) in [6, 6.07) is 5.91. The molecule has 0 aliphatic carbocycles. The van der Waals surface area contributed by atoms with E-state index in [2.05, 4.69) is 10.5 Å². The zero-order valence-corrected chi connectivity index (χ0v) is 9.34. The summed E-state index contributed by atoms with van der Waals surface area (Å²) >= 11 is 0. The number of nitrogens with zero attached hydrogens (tertiary/aromatic N) is 1. The Kier molecular flexibility index (Phi) is 3.49. The third-order valence-corrected chi connectivity index (χ3v) is 2.33. The van der Waals surface area contributed by atoms with Crippen LogP contribution in [0.2, 0.25) is 0 Å². The van der Waals surface area contributed by atoms with E-state index in [1.54, 1.807) is 19.1 Å². The van der Waals surface area contributed by atoms with E-state index < -0.39 is 11.6 Å². The lowest BCUT2D eigenvalue weighted by atomic mass is 10.2. The summed E-state index contributed by atoms with van der Waals surface area (Å²) in [5.74, 6) is -0.920. The molecule has 0 aliphatic heterocycles. The Morgan fingerprint density at radius 1 is 1.29 bits per heavy atom. The zero-order chi connectivity index (χ0) is 12.3. The predicted octanol–water partition coefficient (Wildman–Crippen LogP) is 2.55. The molecule has 0 saturated heterocycles. The van der Waals surface area contributed by atoms with Gasteiger partial charge in [-0.25, -0.2) is 8.78 Å². The van der Waals surface area contributed by atoms with Gasteiger partial charge >= 0.3 is 0 Å². The minimum absolute atomic E-state index is 0.246. The summed E-state index contributed by atoms with van der Waals surface area (Å²) in [7, 11) is 0. The van der Waals surface area contributed by atoms with Crippen molar-refractivity contribution in [2.24, 2.45) is 0 Å². The summed E-state index contributed by atoms with van der Waals surface area (Å²) < 4.78 is 31.1. The largest absolute Gasteiger partial charge is 0.361 e. The number of aryl methyl sites for hydroxylation is 1. The highest BCUT2D eigenvalue weighted by molar-refractivity contribution is 5.18. The van der Waals surface area contributed by atoms with Gasteiger partial charge in [-0.1, -0.05) is 17.3 Å². The molecule has 0 atom stereocenters. The summed E-state index contributed by atoms with van der Waals surface area (Å²) in [6.07, 6.45) is 0. The highest BCUT2D eigenvalue weighted by atomic mass is 19.2. The van der Waals surface area contributed by atoms with Gasteiger partial charge < -0.3 is 9.84 Å². The van der Waals surface area contributed by atoms with E-state index in [1.165, 1.54) is 6.07 Å². The second-order valence-corrected chi connectivity index (χ2v) is 3.75. The van der Waals surface area contributed by atoms with Crippen LogP contribution in [0, 0.1) is 18.6 Å². The molecule has 1 N–H and O–H groups in total. The van der Waals surface area contributed by atoms with Gasteiger partial charge in [0.05, 0.1) is 5.69 Å². The van der Waals surface area contributed by atoms with Crippen molar-refractivity contribution >= 4 is 0 Å². The SMILES string of the molecule is Cc1cc(CNCc2cccc(F)c2F)no1. The molecule has 1 aromatic heterocycles. The Hall–Kier alpha value is -1.75. The van der Waals surface area contributed by atoms with Crippen molar-refractivity contribution in [2.75, 3.05) is 0 Å². The summed E-state index contributed by atoms with van der Waals surface area (Å²) in [4.78, 5) is 0. The quantitative estimate of drug-likeness (QED) is 0.889. The summed E-state index contributed by atoms with van der Waals surface area (Å²) in [5.41, 5.74) is 1.03. The molecule has 0 amide bonds. The van der Waals surface area contributed by atoms with Gasteiger partial charge in [-0.15, -0.1) is 0 Å². The van der Waals surface area contributed by atoms with Crippen LogP contribution in [0.1, 0.15) is 17.0 Å². The molecule has 0 unspecified atom stereocenters. The summed E-state index contributed by atoms with van der Waals surface area (Å²) in [5, 5.41) is 6.75. The lowest BCUT2D eigenvalue weighted by molar-refractivity contribution is 0.388. The summed E-state index contributed by atoms with van der Waals surface area (Å²) in [6.45, 7) is 2.49. The third kappa shape index (κ3) is 2.88. The van der Waals surface area contributed by atoms with Crippen molar-refractivity contribution in [3.05, 3.63) is 52.9 Å². The van der Waals surface area contributed by atoms with Crippen LogP contribution in [0.25, 0.3) is 0 Å². The normalized spacial score (nSPS) is 10.8. The fourth-order valence-electron chi connectivity index (χ4n) is 1.51. The van der Waals surface area contributed by atoms with Crippen LogP contribution < -0.4 is 5.32 Å².